The Bertz CT molecular complexity index is 314. The molecule has 1 fully saturated rings. The van der Waals surface area contributed by atoms with Gasteiger partial charge in [-0.1, -0.05) is 18.2 Å². The van der Waals surface area contributed by atoms with E-state index in [0.29, 0.717) is 0 Å². The van der Waals surface area contributed by atoms with Crippen LogP contribution in [0.5, 0.6) is 5.75 Å². The van der Waals surface area contributed by atoms with Crippen LogP contribution in [0, 0.1) is 0 Å². The van der Waals surface area contributed by atoms with Gasteiger partial charge in [-0.25, -0.2) is 0 Å². The minimum atomic E-state index is -0.0205. The molecule has 1 aromatic rings. The van der Waals surface area contributed by atoms with E-state index >= 15 is 0 Å². The molecule has 0 radical (unpaired) electrons. The lowest BCUT2D eigenvalue weighted by Crippen LogP contribution is -2.07. The second kappa shape index (κ2) is 4.20. The average Bonchev–Trinajstić information content (AvgIpc) is 2.64. The maximum Gasteiger partial charge on any atom is 0.124 e. The maximum atomic E-state index is 6.16. The zero-order chi connectivity index (χ0) is 9.97. The SMILES string of the molecule is COc1ccccc1C1OCCC1Cl. The van der Waals surface area contributed by atoms with Crippen molar-refractivity contribution in [1.29, 1.82) is 0 Å². The van der Waals surface area contributed by atoms with Crippen LogP contribution in [0.15, 0.2) is 24.3 Å². The Labute approximate surface area is 88.8 Å². The lowest BCUT2D eigenvalue weighted by Gasteiger charge is -2.16. The van der Waals surface area contributed by atoms with Crippen LogP contribution in [-0.4, -0.2) is 19.1 Å². The second-order valence-corrected chi connectivity index (χ2v) is 3.90. The highest BCUT2D eigenvalue weighted by Gasteiger charge is 2.29. The van der Waals surface area contributed by atoms with Gasteiger partial charge in [0.1, 0.15) is 11.9 Å². The Hall–Kier alpha value is -0.730. The first-order valence-corrected chi connectivity index (χ1v) is 5.15. The minimum Gasteiger partial charge on any atom is -0.496 e. The van der Waals surface area contributed by atoms with Crippen LogP contribution < -0.4 is 4.74 Å². The lowest BCUT2D eigenvalue weighted by molar-refractivity contribution is 0.111. The fraction of sp³-hybridized carbons (Fsp3) is 0.455. The summed E-state index contributed by atoms with van der Waals surface area (Å²) < 4.78 is 10.8. The van der Waals surface area contributed by atoms with E-state index in [0.717, 1.165) is 24.3 Å². The fourth-order valence-corrected chi connectivity index (χ4v) is 2.05. The summed E-state index contributed by atoms with van der Waals surface area (Å²) in [5.41, 5.74) is 1.05. The maximum absolute atomic E-state index is 6.16. The number of hydrogen-bond acceptors (Lipinski definition) is 2. The Balaban J connectivity index is 2.30. The van der Waals surface area contributed by atoms with Crippen molar-refractivity contribution < 1.29 is 9.47 Å². The van der Waals surface area contributed by atoms with Crippen LogP contribution >= 0.6 is 11.6 Å². The van der Waals surface area contributed by atoms with Crippen molar-refractivity contribution in [1.82, 2.24) is 0 Å². The molecule has 0 amide bonds. The van der Waals surface area contributed by atoms with E-state index in [1.54, 1.807) is 7.11 Å². The first-order valence-electron chi connectivity index (χ1n) is 4.71. The molecule has 1 aliphatic rings. The van der Waals surface area contributed by atoms with Gasteiger partial charge in [0.2, 0.25) is 0 Å². The predicted octanol–water partition coefficient (Wildman–Crippen LogP) is 2.76. The molecule has 0 saturated carbocycles. The Kier molecular flexibility index (Phi) is 2.94. The van der Waals surface area contributed by atoms with E-state index in [1.807, 2.05) is 24.3 Å². The number of halogens is 1. The van der Waals surface area contributed by atoms with Gasteiger partial charge in [0.15, 0.2) is 0 Å². The van der Waals surface area contributed by atoms with Gasteiger partial charge >= 0.3 is 0 Å². The first-order chi connectivity index (χ1) is 6.83. The highest BCUT2D eigenvalue weighted by Crippen LogP contribution is 2.37. The van der Waals surface area contributed by atoms with Crippen molar-refractivity contribution in [3.05, 3.63) is 29.8 Å². The minimum absolute atomic E-state index is 0.0205. The van der Waals surface area contributed by atoms with E-state index in [2.05, 4.69) is 0 Å². The van der Waals surface area contributed by atoms with E-state index in [9.17, 15) is 0 Å². The van der Waals surface area contributed by atoms with Crippen molar-refractivity contribution >= 4 is 11.6 Å². The van der Waals surface area contributed by atoms with Gasteiger partial charge in [0.25, 0.3) is 0 Å². The van der Waals surface area contributed by atoms with Gasteiger partial charge in [-0.15, -0.1) is 11.6 Å². The Morgan fingerprint density at radius 1 is 1.43 bits per heavy atom. The normalized spacial score (nSPS) is 26.4. The molecular weight excluding hydrogens is 200 g/mol. The molecule has 2 atom stereocenters. The van der Waals surface area contributed by atoms with E-state index < -0.39 is 0 Å². The summed E-state index contributed by atoms with van der Waals surface area (Å²) in [6, 6.07) is 7.86. The first kappa shape index (κ1) is 9.81. The van der Waals surface area contributed by atoms with Crippen molar-refractivity contribution in [2.24, 2.45) is 0 Å². The Morgan fingerprint density at radius 3 is 2.86 bits per heavy atom. The topological polar surface area (TPSA) is 18.5 Å². The van der Waals surface area contributed by atoms with Gasteiger partial charge in [-0.05, 0) is 12.5 Å². The molecule has 0 aromatic heterocycles. The number of para-hydroxylation sites is 1. The molecule has 76 valence electrons. The van der Waals surface area contributed by atoms with Gasteiger partial charge in [0, 0.05) is 12.2 Å². The smallest absolute Gasteiger partial charge is 0.124 e. The van der Waals surface area contributed by atoms with E-state index in [-0.39, 0.29) is 11.5 Å². The van der Waals surface area contributed by atoms with Crippen LogP contribution in [0.1, 0.15) is 18.1 Å². The molecule has 0 N–H and O–H groups in total. The molecule has 1 heterocycles. The van der Waals surface area contributed by atoms with Crippen LogP contribution in [0.25, 0.3) is 0 Å². The molecule has 3 heteroatoms. The summed E-state index contributed by atoms with van der Waals surface area (Å²) in [7, 11) is 1.66. The molecule has 1 aromatic carbocycles. The van der Waals surface area contributed by atoms with Crippen molar-refractivity contribution in [2.45, 2.75) is 17.9 Å². The average molecular weight is 213 g/mol. The highest BCUT2D eigenvalue weighted by atomic mass is 35.5. The van der Waals surface area contributed by atoms with Gasteiger partial charge in [0.05, 0.1) is 12.5 Å². The lowest BCUT2D eigenvalue weighted by atomic mass is 10.1. The molecular formula is C11H13ClO2. The quantitative estimate of drug-likeness (QED) is 0.702. The summed E-state index contributed by atoms with van der Waals surface area (Å²) in [6.45, 7) is 0.733. The Morgan fingerprint density at radius 2 is 2.21 bits per heavy atom. The summed E-state index contributed by atoms with van der Waals surface area (Å²) in [6.07, 6.45) is 0.886. The van der Waals surface area contributed by atoms with Gasteiger partial charge < -0.3 is 9.47 Å². The molecule has 0 aliphatic carbocycles. The molecule has 2 unspecified atom stereocenters. The van der Waals surface area contributed by atoms with Crippen LogP contribution in [0.2, 0.25) is 0 Å². The van der Waals surface area contributed by atoms with Gasteiger partial charge in [-0.3, -0.25) is 0 Å². The van der Waals surface area contributed by atoms with Gasteiger partial charge in [-0.2, -0.15) is 0 Å². The number of rotatable bonds is 2. The molecule has 1 saturated heterocycles. The third-order valence-electron chi connectivity index (χ3n) is 2.46. The molecule has 0 spiro atoms. The molecule has 14 heavy (non-hydrogen) atoms. The van der Waals surface area contributed by atoms with Crippen molar-refractivity contribution in [2.75, 3.05) is 13.7 Å². The highest BCUT2D eigenvalue weighted by molar-refractivity contribution is 6.21. The second-order valence-electron chi connectivity index (χ2n) is 3.34. The predicted molar refractivity (Wildman–Crippen MR) is 55.9 cm³/mol. The fourth-order valence-electron chi connectivity index (χ4n) is 1.75. The number of alkyl halides is 1. The molecule has 1 aliphatic heterocycles. The van der Waals surface area contributed by atoms with Crippen molar-refractivity contribution in [3.8, 4) is 5.75 Å². The number of ether oxygens (including phenoxy) is 2. The standard InChI is InChI=1S/C11H13ClO2/c1-13-10-5-3-2-4-8(10)11-9(12)6-7-14-11/h2-5,9,11H,6-7H2,1H3. The summed E-state index contributed by atoms with van der Waals surface area (Å²) in [5, 5.41) is 0.0614. The molecule has 2 nitrogen and oxygen atoms in total. The summed E-state index contributed by atoms with van der Waals surface area (Å²) in [4.78, 5) is 0. The largest absolute Gasteiger partial charge is 0.496 e. The third kappa shape index (κ3) is 1.72. The zero-order valence-corrected chi connectivity index (χ0v) is 8.83. The summed E-state index contributed by atoms with van der Waals surface area (Å²) in [5.74, 6) is 0.852. The van der Waals surface area contributed by atoms with E-state index in [1.165, 1.54) is 0 Å². The monoisotopic (exact) mass is 212 g/mol. The van der Waals surface area contributed by atoms with Crippen LogP contribution in [-0.2, 0) is 4.74 Å². The number of hydrogen-bond donors (Lipinski definition) is 0. The molecule has 0 bridgehead atoms. The van der Waals surface area contributed by atoms with Crippen molar-refractivity contribution in [3.63, 3.8) is 0 Å². The third-order valence-corrected chi connectivity index (χ3v) is 2.91. The van der Waals surface area contributed by atoms with E-state index in [4.69, 9.17) is 21.1 Å². The summed E-state index contributed by atoms with van der Waals surface area (Å²) >= 11 is 6.16. The zero-order valence-electron chi connectivity index (χ0n) is 8.07. The molecule has 2 rings (SSSR count). The number of methoxy groups -OCH3 is 1. The van der Waals surface area contributed by atoms with Crippen LogP contribution in [0.4, 0.5) is 0 Å². The number of benzene rings is 1. The van der Waals surface area contributed by atoms with Crippen LogP contribution in [0.3, 0.4) is 0 Å².